The molecule has 0 saturated heterocycles. The van der Waals surface area contributed by atoms with Crippen LogP contribution in [0.4, 0.5) is 0 Å². The van der Waals surface area contributed by atoms with Gasteiger partial charge in [-0.15, -0.1) is 0 Å². The second kappa shape index (κ2) is 9.04. The zero-order valence-corrected chi connectivity index (χ0v) is 17.7. The zero-order chi connectivity index (χ0) is 21.8. The second-order valence-corrected chi connectivity index (χ2v) is 7.72. The van der Waals surface area contributed by atoms with E-state index in [1.807, 2.05) is 31.2 Å². The Labute approximate surface area is 181 Å². The monoisotopic (exact) mass is 415 g/mol. The van der Waals surface area contributed by atoms with Gasteiger partial charge >= 0.3 is 5.97 Å². The molecule has 0 aliphatic heterocycles. The normalized spacial score (nSPS) is 12.1. The van der Waals surface area contributed by atoms with Crippen molar-refractivity contribution in [1.82, 2.24) is 4.98 Å². The number of phenolic OH excluding ortho intramolecular Hbond substituents is 1. The van der Waals surface area contributed by atoms with Crippen molar-refractivity contribution in [3.8, 4) is 17.2 Å². The van der Waals surface area contributed by atoms with E-state index in [1.165, 1.54) is 12.5 Å². The van der Waals surface area contributed by atoms with Crippen LogP contribution in [0.5, 0.6) is 17.2 Å². The molecule has 0 aliphatic rings. The average Bonchev–Trinajstić information content (AvgIpc) is 2.75. The summed E-state index contributed by atoms with van der Waals surface area (Å²) in [6.07, 6.45) is 4.51. The first-order valence-electron chi connectivity index (χ1n) is 10.4. The third-order valence-corrected chi connectivity index (χ3v) is 5.24. The first kappa shape index (κ1) is 20.7. The summed E-state index contributed by atoms with van der Waals surface area (Å²) in [4.78, 5) is 16.4. The molecule has 0 aliphatic carbocycles. The van der Waals surface area contributed by atoms with Gasteiger partial charge in [-0.2, -0.15) is 0 Å². The van der Waals surface area contributed by atoms with Crippen LogP contribution in [0.25, 0.3) is 21.7 Å². The van der Waals surface area contributed by atoms with E-state index in [1.54, 1.807) is 30.5 Å². The van der Waals surface area contributed by atoms with Crippen molar-refractivity contribution in [2.45, 2.75) is 39.2 Å². The molecule has 158 valence electrons. The molecule has 3 aromatic carbocycles. The number of carbonyl (C=O) groups is 1. The van der Waals surface area contributed by atoms with Crippen LogP contribution in [0.15, 0.2) is 66.9 Å². The minimum Gasteiger partial charge on any atom is -0.508 e. The highest BCUT2D eigenvalue weighted by Crippen LogP contribution is 2.40. The van der Waals surface area contributed by atoms with E-state index >= 15 is 0 Å². The fourth-order valence-corrected chi connectivity index (χ4v) is 3.79. The minimum atomic E-state index is -0.439. The van der Waals surface area contributed by atoms with E-state index < -0.39 is 5.97 Å². The van der Waals surface area contributed by atoms with Crippen molar-refractivity contribution >= 4 is 27.6 Å². The fourth-order valence-electron chi connectivity index (χ4n) is 3.79. The van der Waals surface area contributed by atoms with Gasteiger partial charge in [0.2, 0.25) is 0 Å². The van der Waals surface area contributed by atoms with Crippen molar-refractivity contribution in [3.05, 3.63) is 72.4 Å². The van der Waals surface area contributed by atoms with Crippen LogP contribution in [0.3, 0.4) is 0 Å². The van der Waals surface area contributed by atoms with Crippen LogP contribution in [0.1, 0.15) is 32.3 Å². The molecule has 4 rings (SSSR count). The van der Waals surface area contributed by atoms with E-state index in [0.29, 0.717) is 22.4 Å². The number of rotatable bonds is 7. The van der Waals surface area contributed by atoms with Crippen LogP contribution in [0, 0.1) is 0 Å². The van der Waals surface area contributed by atoms with Gasteiger partial charge in [0.05, 0.1) is 17.0 Å². The summed E-state index contributed by atoms with van der Waals surface area (Å²) in [6.45, 7) is 3.38. The van der Waals surface area contributed by atoms with Gasteiger partial charge in [-0.05, 0) is 62.1 Å². The van der Waals surface area contributed by atoms with Gasteiger partial charge in [-0.1, -0.05) is 30.3 Å². The summed E-state index contributed by atoms with van der Waals surface area (Å²) < 4.78 is 11.8. The Kier molecular flexibility index (Phi) is 6.03. The largest absolute Gasteiger partial charge is 0.508 e. The Morgan fingerprint density at radius 1 is 1.10 bits per heavy atom. The molecule has 4 aromatic rings. The highest BCUT2D eigenvalue weighted by atomic mass is 16.6. The lowest BCUT2D eigenvalue weighted by molar-refractivity contribution is -0.131. The smallest absolute Gasteiger partial charge is 0.308 e. The molecule has 1 N–H and O–H groups in total. The first-order chi connectivity index (χ1) is 15.0. The van der Waals surface area contributed by atoms with Crippen LogP contribution >= 0.6 is 0 Å². The Balaban J connectivity index is 1.64. The van der Waals surface area contributed by atoms with E-state index in [0.717, 1.165) is 30.0 Å². The Morgan fingerprint density at radius 3 is 2.68 bits per heavy atom. The number of pyridine rings is 1. The first-order valence-corrected chi connectivity index (χ1v) is 10.4. The number of nitrogens with zero attached hydrogens (tertiary/aromatic N) is 1. The molecule has 5 nitrogen and oxygen atoms in total. The number of benzene rings is 3. The van der Waals surface area contributed by atoms with E-state index in [2.05, 4.69) is 17.1 Å². The van der Waals surface area contributed by atoms with E-state index in [4.69, 9.17) is 9.47 Å². The molecule has 0 saturated carbocycles. The maximum atomic E-state index is 11.9. The maximum absolute atomic E-state index is 11.9. The predicted molar refractivity (Wildman–Crippen MR) is 122 cm³/mol. The van der Waals surface area contributed by atoms with Gasteiger partial charge in [-0.25, -0.2) is 0 Å². The Morgan fingerprint density at radius 2 is 1.90 bits per heavy atom. The molecular formula is C26H25NO4. The lowest BCUT2D eigenvalue weighted by Crippen LogP contribution is -2.14. The topological polar surface area (TPSA) is 68.7 Å². The molecule has 0 radical (unpaired) electrons. The predicted octanol–water partition coefficient (Wildman–Crippen LogP) is 5.81. The maximum Gasteiger partial charge on any atom is 0.308 e. The van der Waals surface area contributed by atoms with Crippen LogP contribution < -0.4 is 9.47 Å². The lowest BCUT2D eigenvalue weighted by atomic mass is 10.0. The molecule has 0 fully saturated rings. The molecule has 0 bridgehead atoms. The van der Waals surface area contributed by atoms with Crippen LogP contribution in [0.2, 0.25) is 0 Å². The fraction of sp³-hybridized carbons (Fsp3) is 0.231. The lowest BCUT2D eigenvalue weighted by Gasteiger charge is -2.19. The molecule has 31 heavy (non-hydrogen) atoms. The van der Waals surface area contributed by atoms with Crippen molar-refractivity contribution in [3.63, 3.8) is 0 Å². The third-order valence-electron chi connectivity index (χ3n) is 5.24. The number of aromatic hydroxyl groups is 1. The summed E-state index contributed by atoms with van der Waals surface area (Å²) in [5.41, 5.74) is 1.97. The summed E-state index contributed by atoms with van der Waals surface area (Å²) in [7, 11) is 0. The molecule has 1 heterocycles. The number of carbonyl (C=O) groups excluding carboxylic acids is 1. The summed E-state index contributed by atoms with van der Waals surface area (Å²) in [6, 6.07) is 19.0. The molecule has 1 aromatic heterocycles. The second-order valence-electron chi connectivity index (χ2n) is 7.72. The molecule has 0 amide bonds. The van der Waals surface area contributed by atoms with Gasteiger partial charge in [0.15, 0.2) is 11.5 Å². The molecule has 1 unspecified atom stereocenters. The number of hydrogen-bond donors (Lipinski definition) is 1. The molecule has 1 atom stereocenters. The number of aryl methyl sites for hydroxylation is 1. The van der Waals surface area contributed by atoms with Gasteiger partial charge in [0, 0.05) is 23.9 Å². The zero-order valence-electron chi connectivity index (χ0n) is 17.7. The number of hydrogen-bond acceptors (Lipinski definition) is 5. The van der Waals surface area contributed by atoms with Crippen LogP contribution in [-0.4, -0.2) is 22.2 Å². The Hall–Kier alpha value is -3.60. The standard InChI is InChI=1S/C26H25NO4/c1-17(7-6-10-19-8-4-3-5-9-19)30-24-14-13-23-25(26(24)31-18(2)28)22-15-21(29)12-11-20(22)16-27-23/h3-5,8-9,11-17,29H,6-7,10H2,1-2H3. The van der Waals surface area contributed by atoms with Crippen molar-refractivity contribution in [1.29, 1.82) is 0 Å². The van der Waals surface area contributed by atoms with Crippen molar-refractivity contribution in [2.24, 2.45) is 0 Å². The van der Waals surface area contributed by atoms with Crippen LogP contribution in [-0.2, 0) is 11.2 Å². The van der Waals surface area contributed by atoms with Crippen molar-refractivity contribution in [2.75, 3.05) is 0 Å². The van der Waals surface area contributed by atoms with Gasteiger partial charge < -0.3 is 14.6 Å². The average molecular weight is 415 g/mol. The summed E-state index contributed by atoms with van der Waals surface area (Å²) in [5, 5.41) is 12.3. The molecule has 5 heteroatoms. The number of phenols is 1. The SMILES string of the molecule is CC(=O)Oc1c(OC(C)CCCc2ccccc2)ccc2ncc3ccc(O)cc3c12. The molecular weight excluding hydrogens is 390 g/mol. The van der Waals surface area contributed by atoms with Gasteiger partial charge in [0.1, 0.15) is 5.75 Å². The van der Waals surface area contributed by atoms with E-state index in [-0.39, 0.29) is 11.9 Å². The number of aromatic nitrogens is 1. The summed E-state index contributed by atoms with van der Waals surface area (Å²) >= 11 is 0. The van der Waals surface area contributed by atoms with E-state index in [9.17, 15) is 9.90 Å². The Bertz CT molecular complexity index is 1220. The summed E-state index contributed by atoms with van der Waals surface area (Å²) in [5.74, 6) is 0.525. The van der Waals surface area contributed by atoms with Gasteiger partial charge in [0.25, 0.3) is 0 Å². The molecule has 0 spiro atoms. The third kappa shape index (κ3) is 4.77. The number of fused-ring (bicyclic) bond motifs is 3. The number of ether oxygens (including phenoxy) is 2. The highest BCUT2D eigenvalue weighted by molar-refractivity contribution is 6.10. The van der Waals surface area contributed by atoms with Gasteiger partial charge in [-0.3, -0.25) is 9.78 Å². The van der Waals surface area contributed by atoms with Crippen molar-refractivity contribution < 1.29 is 19.4 Å². The quantitative estimate of drug-likeness (QED) is 0.234. The number of esters is 1. The minimum absolute atomic E-state index is 0.0631. The highest BCUT2D eigenvalue weighted by Gasteiger charge is 2.18.